The molecule has 1 atom stereocenters. The van der Waals surface area contributed by atoms with Gasteiger partial charge in [0.25, 0.3) is 5.91 Å². The van der Waals surface area contributed by atoms with Gasteiger partial charge in [-0.15, -0.1) is 0 Å². The molecule has 1 aliphatic heterocycles. The van der Waals surface area contributed by atoms with E-state index in [2.05, 4.69) is 25.6 Å². The van der Waals surface area contributed by atoms with Crippen molar-refractivity contribution in [3.05, 3.63) is 48.4 Å². The maximum absolute atomic E-state index is 13.2. The van der Waals surface area contributed by atoms with Gasteiger partial charge in [0, 0.05) is 63.5 Å². The molecule has 1 aliphatic rings. The summed E-state index contributed by atoms with van der Waals surface area (Å²) in [4.78, 5) is 51.5. The zero-order valence-corrected chi connectivity index (χ0v) is 18.7. The summed E-state index contributed by atoms with van der Waals surface area (Å²) in [7, 11) is 0. The van der Waals surface area contributed by atoms with Gasteiger partial charge in [0.05, 0.1) is 5.39 Å². The summed E-state index contributed by atoms with van der Waals surface area (Å²) in [6.45, 7) is 4.92. The molecule has 3 heterocycles. The van der Waals surface area contributed by atoms with E-state index in [1.807, 2.05) is 29.2 Å². The summed E-state index contributed by atoms with van der Waals surface area (Å²) >= 11 is 0. The summed E-state index contributed by atoms with van der Waals surface area (Å²) in [6.07, 6.45) is 4.02. The van der Waals surface area contributed by atoms with E-state index in [4.69, 9.17) is 0 Å². The fourth-order valence-corrected chi connectivity index (χ4v) is 4.11. The molecule has 3 N–H and O–H groups in total. The lowest BCUT2D eigenvalue weighted by molar-refractivity contribution is -0.120. The van der Waals surface area contributed by atoms with E-state index in [1.165, 1.54) is 20.2 Å². The summed E-state index contributed by atoms with van der Waals surface area (Å²) in [5.41, 5.74) is 2.04. The van der Waals surface area contributed by atoms with Crippen LogP contribution < -0.4 is 15.5 Å². The highest BCUT2D eigenvalue weighted by atomic mass is 16.2. The number of carbonyl (C=O) groups excluding carboxylic acids is 3. The quantitative estimate of drug-likeness (QED) is 0.503. The van der Waals surface area contributed by atoms with Gasteiger partial charge >= 0.3 is 0 Å². The Kier molecular flexibility index (Phi) is 6.53. The van der Waals surface area contributed by atoms with Crippen molar-refractivity contribution in [3.63, 3.8) is 0 Å². The van der Waals surface area contributed by atoms with E-state index in [1.54, 1.807) is 17.2 Å². The van der Waals surface area contributed by atoms with Crippen LogP contribution in [0.15, 0.2) is 42.9 Å². The van der Waals surface area contributed by atoms with Gasteiger partial charge in [0.2, 0.25) is 11.8 Å². The summed E-state index contributed by atoms with van der Waals surface area (Å²) < 4.78 is 0. The number of amides is 3. The molecule has 0 bridgehead atoms. The molecule has 2 aromatic heterocycles. The molecule has 1 fully saturated rings. The Labute approximate surface area is 191 Å². The molecule has 1 aromatic carbocycles. The van der Waals surface area contributed by atoms with Crippen molar-refractivity contribution in [1.29, 1.82) is 0 Å². The van der Waals surface area contributed by atoms with E-state index in [-0.39, 0.29) is 23.8 Å². The second kappa shape index (κ2) is 9.68. The zero-order chi connectivity index (χ0) is 23.4. The second-order valence-corrected chi connectivity index (χ2v) is 8.06. The molecule has 0 radical (unpaired) electrons. The van der Waals surface area contributed by atoms with Crippen LogP contribution in [0.2, 0.25) is 0 Å². The average Bonchev–Trinajstić information content (AvgIpc) is 3.45. The Hall–Kier alpha value is -3.95. The van der Waals surface area contributed by atoms with E-state index < -0.39 is 0 Å². The topological polar surface area (TPSA) is 123 Å². The van der Waals surface area contributed by atoms with Crippen molar-refractivity contribution in [1.82, 2.24) is 30.5 Å². The van der Waals surface area contributed by atoms with Gasteiger partial charge in [-0.1, -0.05) is 6.07 Å². The number of hydrogen-bond donors (Lipinski definition) is 3. The van der Waals surface area contributed by atoms with Crippen molar-refractivity contribution in [2.24, 2.45) is 0 Å². The number of anilines is 2. The van der Waals surface area contributed by atoms with Crippen LogP contribution in [-0.2, 0) is 9.59 Å². The Balaban J connectivity index is 1.61. The SMILES string of the molecule is CC(=O)NCCN(c1cccc(C(=O)N2CCC(NC(C)=O)C2)c1)c1ncnc2[nH]ccc12. The zero-order valence-electron chi connectivity index (χ0n) is 18.7. The molecule has 1 saturated heterocycles. The van der Waals surface area contributed by atoms with Crippen molar-refractivity contribution < 1.29 is 14.4 Å². The number of nitrogens with one attached hydrogen (secondary N) is 3. The third kappa shape index (κ3) is 5.11. The average molecular weight is 450 g/mol. The molecule has 33 heavy (non-hydrogen) atoms. The highest BCUT2D eigenvalue weighted by molar-refractivity contribution is 5.96. The van der Waals surface area contributed by atoms with Gasteiger partial charge in [0.1, 0.15) is 17.8 Å². The molecule has 0 spiro atoms. The molecule has 3 aromatic rings. The first-order chi connectivity index (χ1) is 15.9. The van der Waals surface area contributed by atoms with Crippen LogP contribution in [0.4, 0.5) is 11.5 Å². The largest absolute Gasteiger partial charge is 0.355 e. The fourth-order valence-electron chi connectivity index (χ4n) is 4.11. The number of likely N-dealkylation sites (tertiary alicyclic amines) is 1. The molecular weight excluding hydrogens is 422 g/mol. The van der Waals surface area contributed by atoms with Gasteiger partial charge in [-0.2, -0.15) is 0 Å². The first-order valence-electron chi connectivity index (χ1n) is 10.9. The Bertz CT molecular complexity index is 1180. The van der Waals surface area contributed by atoms with Crippen LogP contribution >= 0.6 is 0 Å². The number of benzene rings is 1. The minimum absolute atomic E-state index is 0.0216. The third-order valence-corrected chi connectivity index (χ3v) is 5.59. The monoisotopic (exact) mass is 449 g/mol. The Morgan fingerprint density at radius 2 is 2.03 bits per heavy atom. The maximum Gasteiger partial charge on any atom is 0.254 e. The number of nitrogens with zero attached hydrogens (tertiary/aromatic N) is 4. The van der Waals surface area contributed by atoms with Crippen molar-refractivity contribution in [3.8, 4) is 0 Å². The normalized spacial score (nSPS) is 15.5. The first-order valence-corrected chi connectivity index (χ1v) is 10.9. The molecule has 0 saturated carbocycles. The predicted octanol–water partition coefficient (Wildman–Crippen LogP) is 1.58. The minimum atomic E-state index is -0.115. The number of rotatable bonds is 7. The van der Waals surface area contributed by atoms with E-state index in [0.717, 1.165) is 17.5 Å². The van der Waals surface area contributed by atoms with Gasteiger partial charge in [-0.05, 0) is 30.7 Å². The van der Waals surface area contributed by atoms with Crippen LogP contribution in [0.3, 0.4) is 0 Å². The van der Waals surface area contributed by atoms with Crippen molar-refractivity contribution in [2.75, 3.05) is 31.1 Å². The third-order valence-electron chi connectivity index (χ3n) is 5.59. The van der Waals surface area contributed by atoms with E-state index in [0.29, 0.717) is 43.2 Å². The molecule has 3 amide bonds. The fraction of sp³-hybridized carbons (Fsp3) is 0.348. The Morgan fingerprint density at radius 3 is 2.82 bits per heavy atom. The van der Waals surface area contributed by atoms with E-state index in [9.17, 15) is 14.4 Å². The van der Waals surface area contributed by atoms with Gasteiger partial charge < -0.3 is 25.4 Å². The number of carbonyl (C=O) groups is 3. The lowest BCUT2D eigenvalue weighted by Gasteiger charge is -2.25. The smallest absolute Gasteiger partial charge is 0.254 e. The summed E-state index contributed by atoms with van der Waals surface area (Å²) in [5.74, 6) is 0.396. The molecule has 4 rings (SSSR count). The van der Waals surface area contributed by atoms with Gasteiger partial charge in [0.15, 0.2) is 0 Å². The van der Waals surface area contributed by atoms with Crippen LogP contribution in [0.25, 0.3) is 11.0 Å². The van der Waals surface area contributed by atoms with Crippen molar-refractivity contribution in [2.45, 2.75) is 26.3 Å². The highest BCUT2D eigenvalue weighted by Gasteiger charge is 2.28. The van der Waals surface area contributed by atoms with Gasteiger partial charge in [-0.25, -0.2) is 9.97 Å². The van der Waals surface area contributed by atoms with Crippen LogP contribution in [0.5, 0.6) is 0 Å². The standard InChI is InChI=1S/C23H27N7O3/c1-15(31)24-9-11-30(22-20-6-8-25-21(20)26-14-27-22)19-5-3-4-17(12-19)23(33)29-10-7-18(13-29)28-16(2)32/h3-6,8,12,14,18H,7,9-11,13H2,1-2H3,(H,24,31)(H,28,32)(H,25,26,27). The second-order valence-electron chi connectivity index (χ2n) is 8.06. The van der Waals surface area contributed by atoms with Crippen LogP contribution in [-0.4, -0.2) is 69.8 Å². The van der Waals surface area contributed by atoms with Gasteiger partial charge in [-0.3, -0.25) is 14.4 Å². The summed E-state index contributed by atoms with van der Waals surface area (Å²) in [5, 5.41) is 6.54. The molecule has 10 nitrogen and oxygen atoms in total. The maximum atomic E-state index is 13.2. The van der Waals surface area contributed by atoms with Crippen LogP contribution in [0, 0.1) is 0 Å². The number of aromatic amines is 1. The molecule has 172 valence electrons. The molecule has 10 heteroatoms. The lowest BCUT2D eigenvalue weighted by atomic mass is 10.1. The Morgan fingerprint density at radius 1 is 1.18 bits per heavy atom. The van der Waals surface area contributed by atoms with Crippen molar-refractivity contribution >= 4 is 40.3 Å². The lowest BCUT2D eigenvalue weighted by Crippen LogP contribution is -2.37. The number of H-pyrrole nitrogens is 1. The molecule has 0 aliphatic carbocycles. The van der Waals surface area contributed by atoms with E-state index >= 15 is 0 Å². The number of aromatic nitrogens is 3. The number of fused-ring (bicyclic) bond motifs is 1. The first kappa shape index (κ1) is 22.3. The minimum Gasteiger partial charge on any atom is -0.355 e. The van der Waals surface area contributed by atoms with Crippen LogP contribution in [0.1, 0.15) is 30.6 Å². The highest BCUT2D eigenvalue weighted by Crippen LogP contribution is 2.30. The molecule has 1 unspecified atom stereocenters. The molecular formula is C23H27N7O3. The summed E-state index contributed by atoms with van der Waals surface area (Å²) in [6, 6.07) is 9.25. The number of hydrogen-bond acceptors (Lipinski definition) is 6. The predicted molar refractivity (Wildman–Crippen MR) is 124 cm³/mol.